The smallest absolute Gasteiger partial charge is 0.264 e. The van der Waals surface area contributed by atoms with Crippen molar-refractivity contribution in [2.75, 3.05) is 33.6 Å². The van der Waals surface area contributed by atoms with Crippen LogP contribution in [-0.4, -0.2) is 55.2 Å². The Labute approximate surface area is 194 Å². The van der Waals surface area contributed by atoms with Crippen LogP contribution in [0, 0.1) is 0 Å². The van der Waals surface area contributed by atoms with Crippen LogP contribution >= 0.6 is 22.7 Å². The van der Waals surface area contributed by atoms with E-state index in [4.69, 9.17) is 14.2 Å². The minimum atomic E-state index is -0.162. The van der Waals surface area contributed by atoms with Crippen molar-refractivity contribution in [1.82, 2.24) is 9.80 Å². The Balaban J connectivity index is 1.52. The molecule has 2 aromatic heterocycles. The lowest BCUT2D eigenvalue weighted by atomic mass is 10.2. The van der Waals surface area contributed by atoms with Crippen molar-refractivity contribution < 1.29 is 23.8 Å². The molecule has 1 aliphatic heterocycles. The first-order valence-electron chi connectivity index (χ1n) is 10.1. The van der Waals surface area contributed by atoms with Gasteiger partial charge in [0.05, 0.1) is 18.0 Å². The summed E-state index contributed by atoms with van der Waals surface area (Å²) in [6.07, 6.45) is 0. The number of carbonyl (C=O) groups is 2. The van der Waals surface area contributed by atoms with Crippen LogP contribution in [0.3, 0.4) is 0 Å². The predicted octanol–water partition coefficient (Wildman–Crippen LogP) is 3.86. The monoisotopic (exact) mass is 472 g/mol. The molecule has 0 spiro atoms. The number of rotatable bonds is 10. The van der Waals surface area contributed by atoms with Crippen molar-refractivity contribution in [3.05, 3.63) is 68.5 Å². The molecule has 2 amide bonds. The minimum absolute atomic E-state index is 0.0178. The van der Waals surface area contributed by atoms with Gasteiger partial charge in [-0.1, -0.05) is 18.2 Å². The summed E-state index contributed by atoms with van der Waals surface area (Å²) in [6.45, 7) is 1.76. The van der Waals surface area contributed by atoms with Gasteiger partial charge in [0.15, 0.2) is 11.5 Å². The SMILES string of the molecule is COCCN(CC(=O)N(Cc1ccc2c(c1)OCO2)Cc1cccs1)C(=O)c1cccs1. The molecule has 0 N–H and O–H groups in total. The molecule has 0 saturated heterocycles. The van der Waals surface area contributed by atoms with Crippen LogP contribution in [-0.2, 0) is 22.6 Å². The van der Waals surface area contributed by atoms with E-state index in [1.807, 2.05) is 47.2 Å². The molecule has 4 rings (SSSR count). The number of hydrogen-bond donors (Lipinski definition) is 0. The van der Waals surface area contributed by atoms with Gasteiger partial charge in [-0.2, -0.15) is 0 Å². The number of benzene rings is 1. The van der Waals surface area contributed by atoms with E-state index in [0.717, 1.165) is 10.4 Å². The van der Waals surface area contributed by atoms with Crippen LogP contribution < -0.4 is 9.47 Å². The van der Waals surface area contributed by atoms with E-state index in [2.05, 4.69) is 0 Å². The predicted molar refractivity (Wildman–Crippen MR) is 123 cm³/mol. The van der Waals surface area contributed by atoms with Crippen LogP contribution in [0.25, 0.3) is 0 Å². The lowest BCUT2D eigenvalue weighted by Crippen LogP contribution is -2.43. The molecule has 7 nitrogen and oxygen atoms in total. The number of carbonyl (C=O) groups excluding carboxylic acids is 2. The van der Waals surface area contributed by atoms with Gasteiger partial charge >= 0.3 is 0 Å². The van der Waals surface area contributed by atoms with Crippen molar-refractivity contribution in [2.45, 2.75) is 13.1 Å². The molecule has 168 valence electrons. The maximum absolute atomic E-state index is 13.4. The second kappa shape index (κ2) is 10.6. The maximum Gasteiger partial charge on any atom is 0.264 e. The zero-order chi connectivity index (χ0) is 22.3. The third-order valence-corrected chi connectivity index (χ3v) is 6.72. The Morgan fingerprint density at radius 2 is 1.81 bits per heavy atom. The molecule has 0 fully saturated rings. The Morgan fingerprint density at radius 3 is 2.56 bits per heavy atom. The topological polar surface area (TPSA) is 68.3 Å². The normalized spacial score (nSPS) is 12.0. The lowest BCUT2D eigenvalue weighted by molar-refractivity contribution is -0.133. The summed E-state index contributed by atoms with van der Waals surface area (Å²) in [6, 6.07) is 13.3. The van der Waals surface area contributed by atoms with E-state index in [9.17, 15) is 9.59 Å². The third-order valence-electron chi connectivity index (χ3n) is 5.00. The molecular weight excluding hydrogens is 448 g/mol. The Hall–Kier alpha value is -2.88. The van der Waals surface area contributed by atoms with Crippen LogP contribution in [0.1, 0.15) is 20.1 Å². The minimum Gasteiger partial charge on any atom is -0.454 e. The summed E-state index contributed by atoms with van der Waals surface area (Å²) in [5, 5.41) is 3.84. The van der Waals surface area contributed by atoms with Gasteiger partial charge < -0.3 is 24.0 Å². The Morgan fingerprint density at radius 1 is 1.00 bits per heavy atom. The van der Waals surface area contributed by atoms with Crippen molar-refractivity contribution >= 4 is 34.5 Å². The molecule has 0 bridgehead atoms. The number of nitrogens with zero attached hydrogens (tertiary/aromatic N) is 2. The Bertz CT molecular complexity index is 1040. The molecule has 0 atom stereocenters. The number of ether oxygens (including phenoxy) is 3. The van der Waals surface area contributed by atoms with Gasteiger partial charge in [0, 0.05) is 25.1 Å². The second-order valence-corrected chi connectivity index (χ2v) is 9.19. The summed E-state index contributed by atoms with van der Waals surface area (Å²) in [5.41, 5.74) is 0.937. The highest BCUT2D eigenvalue weighted by molar-refractivity contribution is 7.12. The molecule has 32 heavy (non-hydrogen) atoms. The first-order chi connectivity index (χ1) is 15.6. The largest absolute Gasteiger partial charge is 0.454 e. The highest BCUT2D eigenvalue weighted by Gasteiger charge is 2.24. The quantitative estimate of drug-likeness (QED) is 0.448. The van der Waals surface area contributed by atoms with Gasteiger partial charge in [-0.3, -0.25) is 9.59 Å². The van der Waals surface area contributed by atoms with Gasteiger partial charge in [-0.15, -0.1) is 22.7 Å². The number of methoxy groups -OCH3 is 1. The van der Waals surface area contributed by atoms with Gasteiger partial charge in [-0.25, -0.2) is 0 Å². The van der Waals surface area contributed by atoms with Crippen LogP contribution in [0.4, 0.5) is 0 Å². The van der Waals surface area contributed by atoms with E-state index < -0.39 is 0 Å². The fourth-order valence-electron chi connectivity index (χ4n) is 3.36. The number of thiophene rings is 2. The summed E-state index contributed by atoms with van der Waals surface area (Å²) in [4.78, 5) is 31.4. The van der Waals surface area contributed by atoms with Gasteiger partial charge in [-0.05, 0) is 40.6 Å². The molecular formula is C23H24N2O5S2. The zero-order valence-corrected chi connectivity index (χ0v) is 19.3. The molecule has 1 aromatic carbocycles. The first kappa shape index (κ1) is 22.3. The zero-order valence-electron chi connectivity index (χ0n) is 17.7. The van der Waals surface area contributed by atoms with Crippen molar-refractivity contribution in [2.24, 2.45) is 0 Å². The van der Waals surface area contributed by atoms with Crippen molar-refractivity contribution in [3.63, 3.8) is 0 Å². The van der Waals surface area contributed by atoms with Gasteiger partial charge in [0.1, 0.15) is 6.54 Å². The maximum atomic E-state index is 13.4. The molecule has 0 unspecified atom stereocenters. The molecule has 3 aromatic rings. The van der Waals surface area contributed by atoms with E-state index in [0.29, 0.717) is 42.6 Å². The van der Waals surface area contributed by atoms with E-state index in [1.54, 1.807) is 34.3 Å². The molecule has 0 radical (unpaired) electrons. The highest BCUT2D eigenvalue weighted by atomic mass is 32.1. The lowest BCUT2D eigenvalue weighted by Gasteiger charge is -2.27. The molecule has 9 heteroatoms. The van der Waals surface area contributed by atoms with Crippen molar-refractivity contribution in [3.8, 4) is 11.5 Å². The van der Waals surface area contributed by atoms with Gasteiger partial charge in [0.25, 0.3) is 5.91 Å². The summed E-state index contributed by atoms with van der Waals surface area (Å²) >= 11 is 2.96. The fourth-order valence-corrected chi connectivity index (χ4v) is 4.77. The second-order valence-electron chi connectivity index (χ2n) is 7.21. The number of hydrogen-bond acceptors (Lipinski definition) is 7. The standard InChI is InChI=1S/C23H24N2O5S2/c1-28-9-8-24(23(27)21-5-3-11-32-21)15-22(26)25(14-18-4-2-10-31-18)13-17-6-7-19-20(12-17)30-16-29-19/h2-7,10-12H,8-9,13-16H2,1H3. The highest BCUT2D eigenvalue weighted by Crippen LogP contribution is 2.33. The fraction of sp³-hybridized carbons (Fsp3) is 0.304. The first-order valence-corrected chi connectivity index (χ1v) is 11.9. The van der Waals surface area contributed by atoms with Crippen LogP contribution in [0.15, 0.2) is 53.2 Å². The summed E-state index contributed by atoms with van der Waals surface area (Å²) < 4.78 is 16.0. The van der Waals surface area contributed by atoms with Gasteiger partial charge in [0.2, 0.25) is 12.7 Å². The van der Waals surface area contributed by atoms with E-state index in [1.165, 1.54) is 11.3 Å². The average Bonchev–Trinajstić information content (AvgIpc) is 3.57. The number of amides is 2. The molecule has 0 aliphatic carbocycles. The third kappa shape index (κ3) is 5.48. The average molecular weight is 473 g/mol. The summed E-state index contributed by atoms with van der Waals surface area (Å²) in [7, 11) is 1.58. The van der Waals surface area contributed by atoms with Crippen molar-refractivity contribution in [1.29, 1.82) is 0 Å². The number of fused-ring (bicyclic) bond motifs is 1. The van der Waals surface area contributed by atoms with E-state index in [-0.39, 0.29) is 25.2 Å². The van der Waals surface area contributed by atoms with Crippen LogP contribution in [0.5, 0.6) is 11.5 Å². The Kier molecular flexibility index (Phi) is 7.41. The van der Waals surface area contributed by atoms with E-state index >= 15 is 0 Å². The molecule has 3 heterocycles. The molecule has 1 aliphatic rings. The summed E-state index contributed by atoms with van der Waals surface area (Å²) in [5.74, 6) is 1.10. The molecule has 0 saturated carbocycles. The van der Waals surface area contributed by atoms with Crippen LogP contribution in [0.2, 0.25) is 0 Å².